The molecule has 1 heterocycles. The number of carbonyl (C=O) groups is 2. The highest BCUT2D eigenvalue weighted by Crippen LogP contribution is 2.35. The zero-order valence-corrected chi connectivity index (χ0v) is 29.4. The molecule has 2 amide bonds. The zero-order valence-electron chi connectivity index (χ0n) is 28.6. The molecule has 0 aromatic heterocycles. The number of benzene rings is 4. The van der Waals surface area contributed by atoms with Gasteiger partial charge in [0, 0.05) is 54.3 Å². The largest absolute Gasteiger partial charge is 0.453 e. The number of hydrogen-bond acceptors (Lipinski definition) is 6. The van der Waals surface area contributed by atoms with Crippen LogP contribution in [0.3, 0.4) is 0 Å². The second-order valence-corrected chi connectivity index (χ2v) is 14.1. The van der Waals surface area contributed by atoms with Crippen LogP contribution in [0.4, 0.5) is 32.4 Å². The molecule has 0 saturated carbocycles. The summed E-state index contributed by atoms with van der Waals surface area (Å²) in [4.78, 5) is 22.9. The molecule has 0 aliphatic carbocycles. The third-order valence-electron chi connectivity index (χ3n) is 8.68. The monoisotopic (exact) mass is 746 g/mol. The molecule has 9 nitrogen and oxygen atoms in total. The van der Waals surface area contributed by atoms with E-state index < -0.39 is 75.0 Å². The predicted octanol–water partition coefficient (Wildman–Crippen LogP) is 6.48. The molecule has 4 atom stereocenters. The van der Waals surface area contributed by atoms with Crippen LogP contribution >= 0.6 is 0 Å². The first-order valence-corrected chi connectivity index (χ1v) is 17.7. The number of rotatable bonds is 10. The molecular weight excluding hydrogens is 707 g/mol. The molecule has 4 aromatic carbocycles. The minimum absolute atomic E-state index is 0.0431. The number of nitrogens with two attached hydrogens (primary N) is 1. The smallest absolute Gasteiger partial charge is 0.404 e. The van der Waals surface area contributed by atoms with Crippen LogP contribution in [0.15, 0.2) is 89.8 Å². The number of methoxy groups -OCH3 is 1. The van der Waals surface area contributed by atoms with E-state index in [-0.39, 0.29) is 41.1 Å². The van der Waals surface area contributed by atoms with Crippen LogP contribution in [-0.4, -0.2) is 57.0 Å². The van der Waals surface area contributed by atoms with Gasteiger partial charge in [0.1, 0.15) is 29.1 Å². The van der Waals surface area contributed by atoms with Gasteiger partial charge >= 0.3 is 6.09 Å². The quantitative estimate of drug-likeness (QED) is 0.159. The molecule has 0 radical (unpaired) electrons. The van der Waals surface area contributed by atoms with Gasteiger partial charge in [-0.15, -0.1) is 0 Å². The third-order valence-corrected chi connectivity index (χ3v) is 10.7. The minimum atomic E-state index is -4.10. The van der Waals surface area contributed by atoms with E-state index in [1.807, 2.05) is 0 Å². The first kappa shape index (κ1) is 39.9. The van der Waals surface area contributed by atoms with Gasteiger partial charge in [-0.05, 0) is 85.5 Å². The van der Waals surface area contributed by atoms with E-state index in [9.17, 15) is 35.6 Å². The average molecular weight is 747 g/mol. The SMILES string of the molecule is COC(N)=O.C[C@H](C(=O)Nc1cccc(F)c1CC[C@H]1CNC[C@H](C)N1S(=O)(=O)c1cccc(F)c1)[C@@H](c1ccc(F)cc1)c1cc(F)cc(F)c1. The summed E-state index contributed by atoms with van der Waals surface area (Å²) < 4.78 is 104. The maximum Gasteiger partial charge on any atom is 0.404 e. The highest BCUT2D eigenvalue weighted by atomic mass is 32.2. The number of sulfonamides is 1. The van der Waals surface area contributed by atoms with E-state index in [4.69, 9.17) is 0 Å². The molecule has 1 aliphatic heterocycles. The molecule has 0 unspecified atom stereocenters. The Labute approximate surface area is 299 Å². The first-order chi connectivity index (χ1) is 24.6. The molecule has 1 saturated heterocycles. The summed E-state index contributed by atoms with van der Waals surface area (Å²) in [6.07, 6.45) is -0.530. The lowest BCUT2D eigenvalue weighted by molar-refractivity contribution is -0.119. The Hall–Kier alpha value is -4.86. The topological polar surface area (TPSA) is 131 Å². The number of carbonyl (C=O) groups excluding carboxylic acids is 2. The molecule has 1 fully saturated rings. The van der Waals surface area contributed by atoms with E-state index in [0.29, 0.717) is 18.2 Å². The highest BCUT2D eigenvalue weighted by molar-refractivity contribution is 7.89. The van der Waals surface area contributed by atoms with E-state index in [0.717, 1.165) is 24.3 Å². The number of amides is 2. The second-order valence-electron chi connectivity index (χ2n) is 12.3. The lowest BCUT2D eigenvalue weighted by Gasteiger charge is -2.40. The number of halogens is 5. The fourth-order valence-electron chi connectivity index (χ4n) is 6.24. The van der Waals surface area contributed by atoms with Crippen molar-refractivity contribution in [2.75, 3.05) is 25.5 Å². The van der Waals surface area contributed by atoms with Crippen molar-refractivity contribution in [2.24, 2.45) is 11.7 Å². The predicted molar refractivity (Wildman–Crippen MR) is 185 cm³/mol. The Morgan fingerprint density at radius 3 is 2.13 bits per heavy atom. The molecule has 4 aromatic rings. The Morgan fingerprint density at radius 2 is 1.52 bits per heavy atom. The molecule has 5 rings (SSSR count). The van der Waals surface area contributed by atoms with Gasteiger partial charge in [-0.3, -0.25) is 4.79 Å². The first-order valence-electron chi connectivity index (χ1n) is 16.2. The summed E-state index contributed by atoms with van der Waals surface area (Å²) in [6, 6.07) is 16.0. The van der Waals surface area contributed by atoms with E-state index in [1.54, 1.807) is 13.8 Å². The summed E-state index contributed by atoms with van der Waals surface area (Å²) in [5, 5.41) is 5.95. The molecule has 4 N–H and O–H groups in total. The molecule has 15 heteroatoms. The molecular formula is C37H39F5N4O5S. The normalized spacial score (nSPS) is 17.3. The van der Waals surface area contributed by atoms with Crippen molar-refractivity contribution in [3.63, 3.8) is 0 Å². The number of primary amides is 1. The van der Waals surface area contributed by atoms with Crippen LogP contribution in [0.1, 0.15) is 42.9 Å². The van der Waals surface area contributed by atoms with Crippen LogP contribution in [0, 0.1) is 35.0 Å². The summed E-state index contributed by atoms with van der Waals surface area (Å²) in [6.45, 7) is 3.92. The van der Waals surface area contributed by atoms with Gasteiger partial charge in [-0.2, -0.15) is 4.31 Å². The second kappa shape index (κ2) is 17.6. The van der Waals surface area contributed by atoms with Gasteiger partial charge in [-0.1, -0.05) is 31.2 Å². The molecule has 1 aliphatic rings. The highest BCUT2D eigenvalue weighted by Gasteiger charge is 2.38. The van der Waals surface area contributed by atoms with Gasteiger partial charge in [0.15, 0.2) is 0 Å². The number of nitrogens with one attached hydrogen (secondary N) is 2. The molecule has 52 heavy (non-hydrogen) atoms. The van der Waals surface area contributed by atoms with Gasteiger partial charge in [0.2, 0.25) is 15.9 Å². The number of nitrogens with zero attached hydrogens (tertiary/aromatic N) is 1. The third kappa shape index (κ3) is 9.92. The number of hydrogen-bond donors (Lipinski definition) is 3. The van der Waals surface area contributed by atoms with Crippen molar-refractivity contribution < 1.29 is 44.7 Å². The van der Waals surface area contributed by atoms with E-state index >= 15 is 4.39 Å². The lowest BCUT2D eigenvalue weighted by Crippen LogP contribution is -2.58. The maximum absolute atomic E-state index is 15.3. The summed E-state index contributed by atoms with van der Waals surface area (Å²) in [5.41, 5.74) is 5.33. The van der Waals surface area contributed by atoms with Crippen molar-refractivity contribution in [3.05, 3.63) is 131 Å². The minimum Gasteiger partial charge on any atom is -0.453 e. The molecule has 0 spiro atoms. The summed E-state index contributed by atoms with van der Waals surface area (Å²) in [7, 11) is -2.87. The molecule has 0 bridgehead atoms. The van der Waals surface area contributed by atoms with Crippen molar-refractivity contribution in [2.45, 2.75) is 49.6 Å². The van der Waals surface area contributed by atoms with Crippen LogP contribution in [0.5, 0.6) is 0 Å². The number of ether oxygens (including phenoxy) is 1. The maximum atomic E-state index is 15.3. The standard InChI is InChI=1S/C35H34F5N3O3S.C2H5NO2/c1-21-19-41-20-29(43(21)47(45,46)30-6-3-5-26(37)18-30)13-14-31-32(40)7-4-8-33(31)42-35(44)22(2)34(23-9-11-25(36)12-10-23)24-15-27(38)17-28(39)16-24;1-5-2(3)4/h3-12,15-18,21-22,29,34,41H,13-14,19-20H2,1-2H3,(H,42,44);1H3,(H2,3,4)/t21-,22-,29-,34-;/m0./s1. The number of piperazine rings is 1. The van der Waals surface area contributed by atoms with E-state index in [2.05, 4.69) is 21.1 Å². The van der Waals surface area contributed by atoms with Gasteiger partial charge in [-0.25, -0.2) is 35.2 Å². The van der Waals surface area contributed by atoms with Crippen LogP contribution < -0.4 is 16.4 Å². The average Bonchev–Trinajstić information content (AvgIpc) is 3.08. The summed E-state index contributed by atoms with van der Waals surface area (Å²) >= 11 is 0. The van der Waals surface area contributed by atoms with Gasteiger partial charge in [0.25, 0.3) is 0 Å². The zero-order chi connectivity index (χ0) is 38.2. The fraction of sp³-hybridized carbons (Fsp3) is 0.297. The fourth-order valence-corrected chi connectivity index (χ4v) is 8.12. The Bertz CT molecular complexity index is 1960. The lowest BCUT2D eigenvalue weighted by atomic mass is 9.81. The Kier molecular flexibility index (Phi) is 13.5. The van der Waals surface area contributed by atoms with Crippen molar-refractivity contribution in [1.82, 2.24) is 9.62 Å². The van der Waals surface area contributed by atoms with Crippen molar-refractivity contribution in [3.8, 4) is 0 Å². The van der Waals surface area contributed by atoms with Gasteiger partial charge < -0.3 is 21.1 Å². The summed E-state index contributed by atoms with van der Waals surface area (Å²) in [5.74, 6) is -5.92. The van der Waals surface area contributed by atoms with Gasteiger partial charge in [0.05, 0.1) is 12.0 Å². The van der Waals surface area contributed by atoms with Crippen LogP contribution in [0.2, 0.25) is 0 Å². The number of anilines is 1. The molecule has 278 valence electrons. The van der Waals surface area contributed by atoms with Crippen LogP contribution in [0.25, 0.3) is 0 Å². The van der Waals surface area contributed by atoms with Crippen molar-refractivity contribution >= 4 is 27.7 Å². The van der Waals surface area contributed by atoms with Crippen LogP contribution in [-0.2, 0) is 26.0 Å². The Balaban J connectivity index is 0.00000113. The van der Waals surface area contributed by atoms with E-state index in [1.165, 1.54) is 66.0 Å². The van der Waals surface area contributed by atoms with Crippen molar-refractivity contribution in [1.29, 1.82) is 0 Å². The Morgan fingerprint density at radius 1 is 0.885 bits per heavy atom.